The maximum absolute atomic E-state index is 2.59. The molecule has 0 nitrogen and oxygen atoms in total. The van der Waals surface area contributed by atoms with Gasteiger partial charge in [0.1, 0.15) is 0 Å². The van der Waals surface area contributed by atoms with E-state index in [2.05, 4.69) is 69.2 Å². The molecule has 0 N–H and O–H groups in total. The smallest absolute Gasteiger partial charge is 0.0324 e. The molecule has 9 unspecified atom stereocenters. The Morgan fingerprint density at radius 2 is 1.31 bits per heavy atom. The minimum Gasteiger partial charge on any atom is -0.0651 e. The summed E-state index contributed by atoms with van der Waals surface area (Å²) in [6.07, 6.45) is 7.10. The highest BCUT2D eigenvalue weighted by molar-refractivity contribution is 4.97. The average molecular weight is 363 g/mol. The van der Waals surface area contributed by atoms with E-state index in [1.54, 1.807) is 0 Å². The van der Waals surface area contributed by atoms with Gasteiger partial charge < -0.3 is 0 Å². The SMILES string of the molecule is CCC1CC(C)C(CC(C2C(C)C(C)CC(C)C2C)C(C)(C)CC)C1C. The molecule has 9 atom stereocenters. The lowest BCUT2D eigenvalue weighted by Gasteiger charge is -2.52. The number of rotatable bonds is 6. The van der Waals surface area contributed by atoms with Crippen molar-refractivity contribution in [2.75, 3.05) is 0 Å². The molecule has 2 rings (SSSR count). The summed E-state index contributed by atoms with van der Waals surface area (Å²) in [6.45, 7) is 25.4. The van der Waals surface area contributed by atoms with Gasteiger partial charge in [0, 0.05) is 0 Å². The third-order valence-electron chi connectivity index (χ3n) is 10.0. The fraction of sp³-hybridized carbons (Fsp3) is 1.00. The van der Waals surface area contributed by atoms with Crippen LogP contribution in [0.15, 0.2) is 0 Å². The van der Waals surface area contributed by atoms with Gasteiger partial charge >= 0.3 is 0 Å². The molecule has 0 radical (unpaired) electrons. The lowest BCUT2D eigenvalue weighted by atomic mass is 9.53. The highest BCUT2D eigenvalue weighted by atomic mass is 14.5. The zero-order valence-electron chi connectivity index (χ0n) is 19.8. The molecule has 26 heavy (non-hydrogen) atoms. The predicted molar refractivity (Wildman–Crippen MR) is 117 cm³/mol. The first-order chi connectivity index (χ1) is 12.0. The molecule has 0 aromatic heterocycles. The van der Waals surface area contributed by atoms with Gasteiger partial charge in [0.25, 0.3) is 0 Å². The van der Waals surface area contributed by atoms with Crippen LogP contribution in [0.5, 0.6) is 0 Å². The molecule has 0 aromatic carbocycles. The summed E-state index contributed by atoms with van der Waals surface area (Å²) in [7, 11) is 0. The van der Waals surface area contributed by atoms with E-state index in [0.29, 0.717) is 5.41 Å². The molecule has 0 spiro atoms. The van der Waals surface area contributed by atoms with Crippen molar-refractivity contribution in [2.24, 2.45) is 64.6 Å². The van der Waals surface area contributed by atoms with Crippen molar-refractivity contribution in [3.8, 4) is 0 Å². The lowest BCUT2D eigenvalue weighted by Crippen LogP contribution is -2.45. The van der Waals surface area contributed by atoms with Crippen LogP contribution in [-0.4, -0.2) is 0 Å². The van der Waals surface area contributed by atoms with Gasteiger partial charge in [-0.1, -0.05) is 82.1 Å². The molecular weight excluding hydrogens is 312 g/mol. The summed E-state index contributed by atoms with van der Waals surface area (Å²) in [5.74, 6) is 9.10. The Hall–Kier alpha value is 0. The number of hydrogen-bond acceptors (Lipinski definition) is 0. The van der Waals surface area contributed by atoms with Gasteiger partial charge in [-0.15, -0.1) is 0 Å². The van der Waals surface area contributed by atoms with Crippen molar-refractivity contribution in [1.82, 2.24) is 0 Å². The topological polar surface area (TPSA) is 0 Å². The van der Waals surface area contributed by atoms with Crippen molar-refractivity contribution in [3.63, 3.8) is 0 Å². The second kappa shape index (κ2) is 8.57. The maximum Gasteiger partial charge on any atom is -0.0324 e. The summed E-state index contributed by atoms with van der Waals surface area (Å²) >= 11 is 0. The van der Waals surface area contributed by atoms with Crippen LogP contribution >= 0.6 is 0 Å². The predicted octanol–water partition coefficient (Wildman–Crippen LogP) is 8.31. The Morgan fingerprint density at radius 3 is 1.73 bits per heavy atom. The molecule has 0 heteroatoms. The molecule has 2 aliphatic rings. The van der Waals surface area contributed by atoms with E-state index >= 15 is 0 Å². The van der Waals surface area contributed by atoms with Gasteiger partial charge in [-0.05, 0) is 83.9 Å². The van der Waals surface area contributed by atoms with Crippen LogP contribution in [0.4, 0.5) is 0 Å². The van der Waals surface area contributed by atoms with E-state index in [9.17, 15) is 0 Å². The average Bonchev–Trinajstić information content (AvgIpc) is 2.86. The van der Waals surface area contributed by atoms with E-state index in [0.717, 1.165) is 59.2 Å². The van der Waals surface area contributed by atoms with Crippen molar-refractivity contribution in [3.05, 3.63) is 0 Å². The molecular formula is C26H50. The molecule has 0 aromatic rings. The van der Waals surface area contributed by atoms with Crippen molar-refractivity contribution >= 4 is 0 Å². The minimum absolute atomic E-state index is 0.466. The summed E-state index contributed by atoms with van der Waals surface area (Å²) in [4.78, 5) is 0. The van der Waals surface area contributed by atoms with Gasteiger partial charge in [-0.25, -0.2) is 0 Å². The minimum atomic E-state index is 0.466. The van der Waals surface area contributed by atoms with Crippen molar-refractivity contribution in [2.45, 2.75) is 101 Å². The zero-order valence-corrected chi connectivity index (χ0v) is 19.8. The van der Waals surface area contributed by atoms with Crippen LogP contribution in [0.2, 0.25) is 0 Å². The molecule has 2 aliphatic carbocycles. The largest absolute Gasteiger partial charge is 0.0651 e. The standard InChI is InChI=1S/C26H50/c1-11-22-14-18(5)23(21(22)8)15-24(26(9,10)12-2)25-19(6)16(3)13-17(4)20(25)7/h16-25H,11-15H2,1-10H3. The third-order valence-corrected chi connectivity index (χ3v) is 10.0. The van der Waals surface area contributed by atoms with E-state index in [1.165, 1.54) is 32.1 Å². The highest BCUT2D eigenvalue weighted by Crippen LogP contribution is 2.55. The van der Waals surface area contributed by atoms with Gasteiger partial charge in [0.2, 0.25) is 0 Å². The summed E-state index contributed by atoms with van der Waals surface area (Å²) < 4.78 is 0. The quantitative estimate of drug-likeness (QED) is 0.445. The van der Waals surface area contributed by atoms with Crippen LogP contribution < -0.4 is 0 Å². The molecule has 0 heterocycles. The van der Waals surface area contributed by atoms with E-state index in [1.807, 2.05) is 0 Å². The lowest BCUT2D eigenvalue weighted by molar-refractivity contribution is -0.0330. The highest BCUT2D eigenvalue weighted by Gasteiger charge is 2.48. The summed E-state index contributed by atoms with van der Waals surface area (Å²) in [6, 6.07) is 0. The Kier molecular flexibility index (Phi) is 7.34. The van der Waals surface area contributed by atoms with E-state index in [-0.39, 0.29) is 0 Å². The fourth-order valence-corrected chi connectivity index (χ4v) is 7.26. The number of hydrogen-bond donors (Lipinski definition) is 0. The van der Waals surface area contributed by atoms with Crippen LogP contribution in [0.1, 0.15) is 101 Å². The summed E-state index contributed by atoms with van der Waals surface area (Å²) in [5, 5.41) is 0. The first-order valence-corrected chi connectivity index (χ1v) is 12.0. The van der Waals surface area contributed by atoms with E-state index in [4.69, 9.17) is 0 Å². The Bertz CT molecular complexity index is 421. The molecule has 0 bridgehead atoms. The first kappa shape index (κ1) is 22.3. The van der Waals surface area contributed by atoms with Gasteiger partial charge in [0.05, 0.1) is 0 Å². The second-order valence-corrected chi connectivity index (χ2v) is 11.6. The van der Waals surface area contributed by atoms with Crippen molar-refractivity contribution in [1.29, 1.82) is 0 Å². The molecule has 2 saturated carbocycles. The van der Waals surface area contributed by atoms with Gasteiger partial charge in [-0.2, -0.15) is 0 Å². The first-order valence-electron chi connectivity index (χ1n) is 12.0. The third kappa shape index (κ3) is 4.20. The van der Waals surface area contributed by atoms with Crippen molar-refractivity contribution < 1.29 is 0 Å². The van der Waals surface area contributed by atoms with E-state index < -0.39 is 0 Å². The fourth-order valence-electron chi connectivity index (χ4n) is 7.26. The Balaban J connectivity index is 2.32. The Morgan fingerprint density at radius 1 is 0.769 bits per heavy atom. The molecule has 0 amide bonds. The monoisotopic (exact) mass is 362 g/mol. The normalized spacial score (nSPS) is 45.7. The van der Waals surface area contributed by atoms with Gasteiger partial charge in [0.15, 0.2) is 0 Å². The molecule has 2 fully saturated rings. The maximum atomic E-state index is 2.59. The summed E-state index contributed by atoms with van der Waals surface area (Å²) in [5.41, 5.74) is 0.466. The van der Waals surface area contributed by atoms with Crippen LogP contribution in [0.25, 0.3) is 0 Å². The zero-order chi connectivity index (χ0) is 19.8. The van der Waals surface area contributed by atoms with Crippen LogP contribution in [0.3, 0.4) is 0 Å². The van der Waals surface area contributed by atoms with Gasteiger partial charge in [-0.3, -0.25) is 0 Å². The van der Waals surface area contributed by atoms with Crippen LogP contribution in [-0.2, 0) is 0 Å². The molecule has 154 valence electrons. The molecule has 0 saturated heterocycles. The molecule has 0 aliphatic heterocycles. The van der Waals surface area contributed by atoms with Crippen LogP contribution in [0, 0.1) is 64.6 Å². The second-order valence-electron chi connectivity index (χ2n) is 11.6. The Labute approximate surface area is 166 Å².